The van der Waals surface area contributed by atoms with Crippen LogP contribution in [0.2, 0.25) is 0 Å². The van der Waals surface area contributed by atoms with Gasteiger partial charge in [-0.3, -0.25) is 0 Å². The fourth-order valence-corrected chi connectivity index (χ4v) is 1.46. The molecule has 0 saturated heterocycles. The van der Waals surface area contributed by atoms with Gasteiger partial charge in [0.15, 0.2) is 0 Å². The number of aliphatic hydroxyl groups excluding tert-OH is 2. The third-order valence-electron chi connectivity index (χ3n) is 2.91. The molecule has 0 aliphatic rings. The summed E-state index contributed by atoms with van der Waals surface area (Å²) < 4.78 is 0. The summed E-state index contributed by atoms with van der Waals surface area (Å²) in [6.45, 7) is 9.90. The maximum Gasteiger partial charge on any atom is 0.0667 e. The lowest BCUT2D eigenvalue weighted by Gasteiger charge is -2.26. The van der Waals surface area contributed by atoms with Crippen LogP contribution in [0.25, 0.3) is 0 Å². The van der Waals surface area contributed by atoms with Crippen LogP contribution < -0.4 is 5.32 Å². The molecule has 0 amide bonds. The van der Waals surface area contributed by atoms with Crippen LogP contribution in [0.3, 0.4) is 0 Å². The van der Waals surface area contributed by atoms with Crippen LogP contribution in [0.15, 0.2) is 0 Å². The summed E-state index contributed by atoms with van der Waals surface area (Å²) in [6.07, 6.45) is 1.50. The minimum absolute atomic E-state index is 0.0580. The molecule has 0 aliphatic carbocycles. The summed E-state index contributed by atoms with van der Waals surface area (Å²) in [4.78, 5) is 0. The van der Waals surface area contributed by atoms with Crippen LogP contribution in [0.5, 0.6) is 0 Å². The molecule has 15 heavy (non-hydrogen) atoms. The standard InChI is InChI=1S/C12H27NO2/c1-5-12(4,9-14)8-13-7-11(15)6-10(2)3/h10-11,13-15H,5-9H2,1-4H3. The zero-order chi connectivity index (χ0) is 11.9. The molecule has 2 unspecified atom stereocenters. The highest BCUT2D eigenvalue weighted by atomic mass is 16.3. The third-order valence-corrected chi connectivity index (χ3v) is 2.91. The van der Waals surface area contributed by atoms with Crippen molar-refractivity contribution >= 4 is 0 Å². The van der Waals surface area contributed by atoms with E-state index < -0.39 is 0 Å². The molecule has 0 spiro atoms. The maximum atomic E-state index is 9.64. The predicted molar refractivity (Wildman–Crippen MR) is 63.8 cm³/mol. The van der Waals surface area contributed by atoms with Crippen molar-refractivity contribution in [1.82, 2.24) is 5.32 Å². The van der Waals surface area contributed by atoms with Gasteiger partial charge in [0.05, 0.1) is 6.10 Å². The minimum Gasteiger partial charge on any atom is -0.396 e. The Morgan fingerprint density at radius 2 is 1.93 bits per heavy atom. The van der Waals surface area contributed by atoms with Crippen LogP contribution in [-0.2, 0) is 0 Å². The van der Waals surface area contributed by atoms with Crippen LogP contribution in [0.4, 0.5) is 0 Å². The van der Waals surface area contributed by atoms with Gasteiger partial charge in [-0.2, -0.15) is 0 Å². The van der Waals surface area contributed by atoms with Gasteiger partial charge in [0.2, 0.25) is 0 Å². The van der Waals surface area contributed by atoms with Gasteiger partial charge in [0, 0.05) is 25.1 Å². The zero-order valence-electron chi connectivity index (χ0n) is 10.6. The number of hydrogen-bond donors (Lipinski definition) is 3. The molecule has 0 aromatic rings. The monoisotopic (exact) mass is 217 g/mol. The molecule has 0 radical (unpaired) electrons. The topological polar surface area (TPSA) is 52.5 Å². The molecule has 0 rings (SSSR count). The Labute approximate surface area is 93.9 Å². The van der Waals surface area contributed by atoms with Crippen molar-refractivity contribution in [2.75, 3.05) is 19.7 Å². The molecule has 0 fully saturated rings. The third kappa shape index (κ3) is 6.88. The van der Waals surface area contributed by atoms with Crippen LogP contribution in [-0.4, -0.2) is 36.0 Å². The first-order valence-electron chi connectivity index (χ1n) is 5.93. The molecule has 3 nitrogen and oxygen atoms in total. The first kappa shape index (κ1) is 14.9. The van der Waals surface area contributed by atoms with E-state index in [2.05, 4.69) is 33.0 Å². The molecule has 0 aromatic carbocycles. The lowest BCUT2D eigenvalue weighted by molar-refractivity contribution is 0.115. The van der Waals surface area contributed by atoms with E-state index in [1.807, 2.05) is 0 Å². The Morgan fingerprint density at radius 3 is 2.33 bits per heavy atom. The average molecular weight is 217 g/mol. The van der Waals surface area contributed by atoms with E-state index in [9.17, 15) is 10.2 Å². The van der Waals surface area contributed by atoms with E-state index in [1.165, 1.54) is 0 Å². The van der Waals surface area contributed by atoms with Crippen molar-refractivity contribution in [2.45, 2.75) is 46.6 Å². The average Bonchev–Trinajstić information content (AvgIpc) is 2.16. The molecule has 0 aliphatic heterocycles. The van der Waals surface area contributed by atoms with Gasteiger partial charge in [-0.1, -0.05) is 27.7 Å². The smallest absolute Gasteiger partial charge is 0.0667 e. The molecule has 0 heterocycles. The number of aliphatic hydroxyl groups is 2. The Balaban J connectivity index is 3.68. The number of nitrogens with one attached hydrogen (secondary N) is 1. The quantitative estimate of drug-likeness (QED) is 0.576. The SMILES string of the molecule is CCC(C)(CO)CNCC(O)CC(C)C. The van der Waals surface area contributed by atoms with E-state index in [4.69, 9.17) is 0 Å². The van der Waals surface area contributed by atoms with Crippen molar-refractivity contribution < 1.29 is 10.2 Å². The first-order chi connectivity index (χ1) is 6.93. The van der Waals surface area contributed by atoms with Gasteiger partial charge in [0.25, 0.3) is 0 Å². The summed E-state index contributed by atoms with van der Waals surface area (Å²) in [5, 5.41) is 22.1. The van der Waals surface area contributed by atoms with Gasteiger partial charge >= 0.3 is 0 Å². The van der Waals surface area contributed by atoms with Crippen molar-refractivity contribution in [1.29, 1.82) is 0 Å². The lowest BCUT2D eigenvalue weighted by atomic mass is 9.88. The predicted octanol–water partition coefficient (Wildman–Crippen LogP) is 1.39. The Morgan fingerprint density at radius 1 is 1.33 bits per heavy atom. The van der Waals surface area contributed by atoms with Crippen molar-refractivity contribution in [3.63, 3.8) is 0 Å². The molecule has 3 heteroatoms. The van der Waals surface area contributed by atoms with Gasteiger partial charge in [0.1, 0.15) is 0 Å². The number of hydrogen-bond acceptors (Lipinski definition) is 3. The second kappa shape index (κ2) is 7.20. The summed E-state index contributed by atoms with van der Waals surface area (Å²) >= 11 is 0. The van der Waals surface area contributed by atoms with Crippen molar-refractivity contribution in [3.05, 3.63) is 0 Å². The first-order valence-corrected chi connectivity index (χ1v) is 5.93. The molecule has 0 saturated carbocycles. The summed E-state index contributed by atoms with van der Waals surface area (Å²) in [5.41, 5.74) is -0.0580. The van der Waals surface area contributed by atoms with Gasteiger partial charge in [-0.25, -0.2) is 0 Å². The molecule has 0 aromatic heterocycles. The maximum absolute atomic E-state index is 9.64. The summed E-state index contributed by atoms with van der Waals surface area (Å²) in [6, 6.07) is 0. The van der Waals surface area contributed by atoms with E-state index in [0.717, 1.165) is 19.4 Å². The highest BCUT2D eigenvalue weighted by Crippen LogP contribution is 2.18. The molecule has 3 N–H and O–H groups in total. The molecule has 2 atom stereocenters. The highest BCUT2D eigenvalue weighted by Gasteiger charge is 2.20. The second-order valence-electron chi connectivity index (χ2n) is 5.24. The summed E-state index contributed by atoms with van der Waals surface area (Å²) in [7, 11) is 0. The van der Waals surface area contributed by atoms with Crippen LogP contribution >= 0.6 is 0 Å². The van der Waals surface area contributed by atoms with E-state index in [-0.39, 0.29) is 18.1 Å². The normalized spacial score (nSPS) is 17.8. The van der Waals surface area contributed by atoms with E-state index in [1.54, 1.807) is 0 Å². The lowest BCUT2D eigenvalue weighted by Crippen LogP contribution is -2.38. The van der Waals surface area contributed by atoms with Crippen LogP contribution in [0, 0.1) is 11.3 Å². The zero-order valence-corrected chi connectivity index (χ0v) is 10.6. The fourth-order valence-electron chi connectivity index (χ4n) is 1.46. The largest absolute Gasteiger partial charge is 0.396 e. The minimum atomic E-state index is -0.273. The highest BCUT2D eigenvalue weighted by molar-refractivity contribution is 4.75. The Kier molecular flexibility index (Phi) is 7.14. The Hall–Kier alpha value is -0.120. The van der Waals surface area contributed by atoms with Gasteiger partial charge < -0.3 is 15.5 Å². The van der Waals surface area contributed by atoms with Crippen molar-refractivity contribution in [2.24, 2.45) is 11.3 Å². The molecular weight excluding hydrogens is 190 g/mol. The van der Waals surface area contributed by atoms with Gasteiger partial charge in [-0.15, -0.1) is 0 Å². The van der Waals surface area contributed by atoms with E-state index in [0.29, 0.717) is 12.5 Å². The summed E-state index contributed by atoms with van der Waals surface area (Å²) in [5.74, 6) is 0.525. The molecule has 0 bridgehead atoms. The number of rotatable bonds is 8. The Bertz CT molecular complexity index is 156. The van der Waals surface area contributed by atoms with Crippen LogP contribution in [0.1, 0.15) is 40.5 Å². The van der Waals surface area contributed by atoms with E-state index >= 15 is 0 Å². The molecule has 92 valence electrons. The molecular formula is C12H27NO2. The van der Waals surface area contributed by atoms with Crippen molar-refractivity contribution in [3.8, 4) is 0 Å². The fraction of sp³-hybridized carbons (Fsp3) is 1.00. The van der Waals surface area contributed by atoms with Gasteiger partial charge in [-0.05, 0) is 18.8 Å². The second-order valence-corrected chi connectivity index (χ2v) is 5.24.